The second-order valence-corrected chi connectivity index (χ2v) is 5.32. The fourth-order valence-corrected chi connectivity index (χ4v) is 2.14. The molecule has 3 nitrogen and oxygen atoms in total. The Hall–Kier alpha value is -1.36. The number of nitrogens with one attached hydrogen (secondary N) is 1. The van der Waals surface area contributed by atoms with E-state index >= 15 is 0 Å². The van der Waals surface area contributed by atoms with E-state index in [9.17, 15) is 4.79 Å². The van der Waals surface area contributed by atoms with Crippen LogP contribution in [0.15, 0.2) is 53.0 Å². The first-order valence-electron chi connectivity index (χ1n) is 5.64. The first-order valence-corrected chi connectivity index (χ1v) is 6.81. The summed E-state index contributed by atoms with van der Waals surface area (Å²) in [7, 11) is 0. The molecule has 2 aromatic rings. The topological polar surface area (TPSA) is 55.1 Å². The van der Waals surface area contributed by atoms with Crippen molar-refractivity contribution < 1.29 is 4.79 Å². The van der Waals surface area contributed by atoms with Crippen molar-refractivity contribution in [3.63, 3.8) is 0 Å². The van der Waals surface area contributed by atoms with Gasteiger partial charge in [-0.1, -0.05) is 57.9 Å². The van der Waals surface area contributed by atoms with Crippen LogP contribution in [-0.4, -0.2) is 5.91 Å². The molecule has 1 amide bonds. The van der Waals surface area contributed by atoms with Crippen molar-refractivity contribution in [3.05, 3.63) is 63.6 Å². The van der Waals surface area contributed by atoms with Crippen molar-refractivity contribution >= 4 is 39.1 Å². The van der Waals surface area contributed by atoms with Gasteiger partial charge < -0.3 is 11.1 Å². The summed E-state index contributed by atoms with van der Waals surface area (Å²) in [5.41, 5.74) is 7.20. The molecule has 0 spiro atoms. The number of carbonyl (C=O) groups is 1. The zero-order chi connectivity index (χ0) is 13.8. The van der Waals surface area contributed by atoms with E-state index in [0.717, 1.165) is 10.0 Å². The predicted octanol–water partition coefficient (Wildman–Crippen LogP) is 3.74. The maximum absolute atomic E-state index is 12.1. The maximum atomic E-state index is 12.1. The number of anilines is 1. The van der Waals surface area contributed by atoms with Gasteiger partial charge in [-0.25, -0.2) is 0 Å². The number of amides is 1. The summed E-state index contributed by atoms with van der Waals surface area (Å²) < 4.78 is 0.834. The Morgan fingerprint density at radius 1 is 1.21 bits per heavy atom. The Labute approximate surface area is 124 Å². The molecule has 0 saturated heterocycles. The number of carbonyl (C=O) groups excluding carboxylic acids is 1. The van der Waals surface area contributed by atoms with Gasteiger partial charge in [-0.15, -0.1) is 0 Å². The molecular formula is C14H12BrClN2O. The van der Waals surface area contributed by atoms with Crippen molar-refractivity contribution in [1.82, 2.24) is 0 Å². The van der Waals surface area contributed by atoms with E-state index < -0.39 is 6.04 Å². The standard InChI is InChI=1S/C14H12BrClN2O/c15-10-6-7-11(16)12(8-10)18-14(19)13(17)9-4-2-1-3-5-9/h1-8,13H,17H2,(H,18,19)/t13-/m0/s1. The Morgan fingerprint density at radius 2 is 1.89 bits per heavy atom. The first-order chi connectivity index (χ1) is 9.08. The molecule has 3 N–H and O–H groups in total. The van der Waals surface area contributed by atoms with Crippen LogP contribution in [0.5, 0.6) is 0 Å². The average molecular weight is 340 g/mol. The van der Waals surface area contributed by atoms with Crippen molar-refractivity contribution in [3.8, 4) is 0 Å². The molecule has 0 aliphatic carbocycles. The molecule has 98 valence electrons. The van der Waals surface area contributed by atoms with Gasteiger partial charge in [0.05, 0.1) is 10.7 Å². The molecule has 0 saturated carbocycles. The minimum absolute atomic E-state index is 0.300. The van der Waals surface area contributed by atoms with Crippen molar-refractivity contribution in [2.75, 3.05) is 5.32 Å². The highest BCUT2D eigenvalue weighted by Crippen LogP contribution is 2.26. The molecular weight excluding hydrogens is 328 g/mol. The fraction of sp³-hybridized carbons (Fsp3) is 0.0714. The van der Waals surface area contributed by atoms with Gasteiger partial charge in [0.15, 0.2) is 0 Å². The van der Waals surface area contributed by atoms with Crippen LogP contribution in [0.25, 0.3) is 0 Å². The molecule has 19 heavy (non-hydrogen) atoms. The molecule has 0 aromatic heterocycles. The Morgan fingerprint density at radius 3 is 2.58 bits per heavy atom. The molecule has 0 unspecified atom stereocenters. The van der Waals surface area contributed by atoms with Crippen molar-refractivity contribution in [1.29, 1.82) is 0 Å². The number of benzene rings is 2. The quantitative estimate of drug-likeness (QED) is 0.895. The van der Waals surface area contributed by atoms with Crippen LogP contribution >= 0.6 is 27.5 Å². The molecule has 5 heteroatoms. The largest absolute Gasteiger partial charge is 0.323 e. The van der Waals surface area contributed by atoms with E-state index in [1.54, 1.807) is 18.2 Å². The third-order valence-electron chi connectivity index (χ3n) is 2.63. The number of halogens is 2. The SMILES string of the molecule is N[C@H](C(=O)Nc1cc(Br)ccc1Cl)c1ccccc1. The fourth-order valence-electron chi connectivity index (χ4n) is 1.62. The summed E-state index contributed by atoms with van der Waals surface area (Å²) >= 11 is 9.34. The summed E-state index contributed by atoms with van der Waals surface area (Å²) in [4.78, 5) is 12.1. The van der Waals surface area contributed by atoms with Crippen molar-refractivity contribution in [2.24, 2.45) is 5.73 Å². The highest BCUT2D eigenvalue weighted by Gasteiger charge is 2.16. The van der Waals surface area contributed by atoms with Crippen LogP contribution in [0.4, 0.5) is 5.69 Å². The molecule has 0 bridgehead atoms. The highest BCUT2D eigenvalue weighted by molar-refractivity contribution is 9.10. The van der Waals surface area contributed by atoms with Gasteiger partial charge >= 0.3 is 0 Å². The van der Waals surface area contributed by atoms with E-state index in [-0.39, 0.29) is 5.91 Å². The van der Waals surface area contributed by atoms with Gasteiger partial charge in [-0.2, -0.15) is 0 Å². The lowest BCUT2D eigenvalue weighted by Gasteiger charge is -2.13. The molecule has 1 atom stereocenters. The number of hydrogen-bond acceptors (Lipinski definition) is 2. The van der Waals surface area contributed by atoms with E-state index in [0.29, 0.717) is 10.7 Å². The Balaban J connectivity index is 2.15. The third-order valence-corrected chi connectivity index (χ3v) is 3.45. The smallest absolute Gasteiger partial charge is 0.245 e. The first kappa shape index (κ1) is 14.1. The average Bonchev–Trinajstić information content (AvgIpc) is 2.43. The van der Waals surface area contributed by atoms with Crippen LogP contribution in [0.2, 0.25) is 5.02 Å². The molecule has 0 radical (unpaired) electrons. The minimum Gasteiger partial charge on any atom is -0.323 e. The summed E-state index contributed by atoms with van der Waals surface area (Å²) in [6, 6.07) is 13.7. The summed E-state index contributed by atoms with van der Waals surface area (Å²) in [5, 5.41) is 3.19. The predicted molar refractivity (Wildman–Crippen MR) is 81.2 cm³/mol. The minimum atomic E-state index is -0.726. The van der Waals surface area contributed by atoms with Crippen LogP contribution in [0, 0.1) is 0 Å². The summed E-state index contributed by atoms with van der Waals surface area (Å²) in [6.45, 7) is 0. The second kappa shape index (κ2) is 6.19. The van der Waals surface area contributed by atoms with E-state index in [1.165, 1.54) is 0 Å². The van der Waals surface area contributed by atoms with E-state index in [1.807, 2.05) is 30.3 Å². The molecule has 2 aromatic carbocycles. The van der Waals surface area contributed by atoms with Gasteiger partial charge in [0.25, 0.3) is 0 Å². The lowest BCUT2D eigenvalue weighted by molar-refractivity contribution is -0.117. The van der Waals surface area contributed by atoms with E-state index in [2.05, 4.69) is 21.2 Å². The molecule has 2 rings (SSSR count). The van der Waals surface area contributed by atoms with Crippen LogP contribution in [-0.2, 0) is 4.79 Å². The highest BCUT2D eigenvalue weighted by atomic mass is 79.9. The molecule has 0 aliphatic heterocycles. The lowest BCUT2D eigenvalue weighted by atomic mass is 10.1. The maximum Gasteiger partial charge on any atom is 0.245 e. The van der Waals surface area contributed by atoms with Crippen LogP contribution in [0.3, 0.4) is 0 Å². The Kier molecular flexibility index (Phi) is 4.58. The van der Waals surface area contributed by atoms with Crippen LogP contribution in [0.1, 0.15) is 11.6 Å². The lowest BCUT2D eigenvalue weighted by Crippen LogP contribution is -2.27. The van der Waals surface area contributed by atoms with Gasteiger partial charge in [-0.05, 0) is 23.8 Å². The van der Waals surface area contributed by atoms with Gasteiger partial charge in [-0.3, -0.25) is 4.79 Å². The number of hydrogen-bond donors (Lipinski definition) is 2. The summed E-state index contributed by atoms with van der Waals surface area (Å²) in [6.07, 6.45) is 0. The van der Waals surface area contributed by atoms with Gasteiger partial charge in [0, 0.05) is 4.47 Å². The monoisotopic (exact) mass is 338 g/mol. The third kappa shape index (κ3) is 3.56. The normalized spacial score (nSPS) is 11.9. The van der Waals surface area contributed by atoms with E-state index in [4.69, 9.17) is 17.3 Å². The molecule has 0 fully saturated rings. The van der Waals surface area contributed by atoms with Gasteiger partial charge in [0.1, 0.15) is 6.04 Å². The molecule has 0 heterocycles. The van der Waals surface area contributed by atoms with Crippen molar-refractivity contribution in [2.45, 2.75) is 6.04 Å². The zero-order valence-corrected chi connectivity index (χ0v) is 12.3. The van der Waals surface area contributed by atoms with Crippen LogP contribution < -0.4 is 11.1 Å². The zero-order valence-electron chi connectivity index (χ0n) is 9.94. The summed E-state index contributed by atoms with van der Waals surface area (Å²) in [5.74, 6) is -0.300. The van der Waals surface area contributed by atoms with Gasteiger partial charge in [0.2, 0.25) is 5.91 Å². The Bertz CT molecular complexity index is 589. The molecule has 0 aliphatic rings. The second-order valence-electron chi connectivity index (χ2n) is 4.00. The number of nitrogens with two attached hydrogens (primary N) is 1. The number of rotatable bonds is 3.